The second-order valence-electron chi connectivity index (χ2n) is 5.62. The summed E-state index contributed by atoms with van der Waals surface area (Å²) < 4.78 is 5.54. The SMILES string of the molecule is CC(=O)c1cccc(OCCCC(=O)N2CCC[C@H]2C(=O)O)c1. The van der Waals surface area contributed by atoms with E-state index in [0.717, 1.165) is 6.42 Å². The van der Waals surface area contributed by atoms with Crippen molar-refractivity contribution in [1.29, 1.82) is 0 Å². The Hall–Kier alpha value is -2.37. The van der Waals surface area contributed by atoms with Crippen LogP contribution in [0, 0.1) is 0 Å². The van der Waals surface area contributed by atoms with Crippen LogP contribution in [-0.4, -0.2) is 46.9 Å². The fourth-order valence-corrected chi connectivity index (χ4v) is 2.68. The molecular weight excluding hydrogens is 298 g/mol. The van der Waals surface area contributed by atoms with Crippen molar-refractivity contribution >= 4 is 17.7 Å². The predicted octanol–water partition coefficient (Wildman–Crippen LogP) is 2.12. The maximum Gasteiger partial charge on any atom is 0.326 e. The van der Waals surface area contributed by atoms with Gasteiger partial charge in [0.1, 0.15) is 11.8 Å². The summed E-state index contributed by atoms with van der Waals surface area (Å²) in [6.07, 6.45) is 2.02. The fraction of sp³-hybridized carbons (Fsp3) is 0.471. The van der Waals surface area contributed by atoms with E-state index < -0.39 is 12.0 Å². The quantitative estimate of drug-likeness (QED) is 0.615. The molecule has 23 heavy (non-hydrogen) atoms. The summed E-state index contributed by atoms with van der Waals surface area (Å²) in [5.74, 6) is -0.516. The summed E-state index contributed by atoms with van der Waals surface area (Å²) in [5, 5.41) is 9.08. The average molecular weight is 319 g/mol. The second-order valence-corrected chi connectivity index (χ2v) is 5.62. The zero-order chi connectivity index (χ0) is 16.8. The Morgan fingerprint density at radius 1 is 1.35 bits per heavy atom. The van der Waals surface area contributed by atoms with Crippen molar-refractivity contribution in [3.8, 4) is 5.75 Å². The largest absolute Gasteiger partial charge is 0.494 e. The van der Waals surface area contributed by atoms with Gasteiger partial charge in [-0.05, 0) is 38.3 Å². The molecule has 0 bridgehead atoms. The van der Waals surface area contributed by atoms with Gasteiger partial charge in [0.2, 0.25) is 5.91 Å². The van der Waals surface area contributed by atoms with Gasteiger partial charge in [0.15, 0.2) is 5.78 Å². The van der Waals surface area contributed by atoms with Gasteiger partial charge in [-0.2, -0.15) is 0 Å². The topological polar surface area (TPSA) is 83.9 Å². The zero-order valence-corrected chi connectivity index (χ0v) is 13.2. The third-order valence-electron chi connectivity index (χ3n) is 3.90. The van der Waals surface area contributed by atoms with Crippen molar-refractivity contribution in [3.63, 3.8) is 0 Å². The van der Waals surface area contributed by atoms with Crippen molar-refractivity contribution < 1.29 is 24.2 Å². The lowest BCUT2D eigenvalue weighted by atomic mass is 10.1. The number of hydrogen-bond donors (Lipinski definition) is 1. The summed E-state index contributed by atoms with van der Waals surface area (Å²) in [7, 11) is 0. The molecule has 1 saturated heterocycles. The molecule has 1 fully saturated rings. The standard InChI is InChI=1S/C17H21NO5/c1-12(19)13-5-2-6-14(11-13)23-10-4-8-16(20)18-9-3-7-15(18)17(21)22/h2,5-6,11,15H,3-4,7-10H2,1H3,(H,21,22)/t15-/m0/s1. The van der Waals surface area contributed by atoms with Gasteiger partial charge in [0, 0.05) is 18.5 Å². The van der Waals surface area contributed by atoms with Crippen LogP contribution in [0.3, 0.4) is 0 Å². The molecule has 0 saturated carbocycles. The number of carboxylic acids is 1. The Kier molecular flexibility index (Phi) is 5.73. The number of carbonyl (C=O) groups excluding carboxylic acids is 2. The van der Waals surface area contributed by atoms with Gasteiger partial charge in [-0.3, -0.25) is 9.59 Å². The van der Waals surface area contributed by atoms with Crippen LogP contribution in [-0.2, 0) is 9.59 Å². The number of hydrogen-bond acceptors (Lipinski definition) is 4. The molecule has 6 nitrogen and oxygen atoms in total. The number of carbonyl (C=O) groups is 3. The van der Waals surface area contributed by atoms with Crippen molar-refractivity contribution in [2.75, 3.05) is 13.2 Å². The lowest BCUT2D eigenvalue weighted by Gasteiger charge is -2.21. The first-order valence-corrected chi connectivity index (χ1v) is 7.75. The van der Waals surface area contributed by atoms with Crippen LogP contribution >= 0.6 is 0 Å². The molecule has 6 heteroatoms. The van der Waals surface area contributed by atoms with Crippen molar-refractivity contribution in [2.24, 2.45) is 0 Å². The molecule has 1 atom stereocenters. The van der Waals surface area contributed by atoms with Crippen LogP contribution in [0.4, 0.5) is 0 Å². The first kappa shape index (κ1) is 17.0. The highest BCUT2D eigenvalue weighted by molar-refractivity contribution is 5.94. The van der Waals surface area contributed by atoms with E-state index in [1.54, 1.807) is 24.3 Å². The minimum atomic E-state index is -0.937. The van der Waals surface area contributed by atoms with Crippen molar-refractivity contribution in [2.45, 2.75) is 38.6 Å². The smallest absolute Gasteiger partial charge is 0.326 e. The van der Waals surface area contributed by atoms with Gasteiger partial charge in [-0.1, -0.05) is 12.1 Å². The van der Waals surface area contributed by atoms with Crippen molar-refractivity contribution in [3.05, 3.63) is 29.8 Å². The zero-order valence-electron chi connectivity index (χ0n) is 13.2. The van der Waals surface area contributed by atoms with E-state index in [1.165, 1.54) is 11.8 Å². The van der Waals surface area contributed by atoms with E-state index in [9.17, 15) is 14.4 Å². The minimum absolute atomic E-state index is 0.0284. The molecule has 1 aromatic carbocycles. The third kappa shape index (κ3) is 4.55. The highest BCUT2D eigenvalue weighted by atomic mass is 16.5. The molecule has 1 aliphatic heterocycles. The number of benzene rings is 1. The van der Waals surface area contributed by atoms with Crippen molar-refractivity contribution in [1.82, 2.24) is 4.90 Å². The van der Waals surface area contributed by atoms with Gasteiger partial charge >= 0.3 is 5.97 Å². The number of likely N-dealkylation sites (tertiary alicyclic amines) is 1. The summed E-state index contributed by atoms with van der Waals surface area (Å²) in [5.41, 5.74) is 0.583. The van der Waals surface area contributed by atoms with E-state index in [2.05, 4.69) is 0 Å². The molecule has 124 valence electrons. The molecule has 1 aliphatic rings. The molecule has 0 aromatic heterocycles. The lowest BCUT2D eigenvalue weighted by Crippen LogP contribution is -2.40. The summed E-state index contributed by atoms with van der Waals surface area (Å²) in [4.78, 5) is 35.9. The van der Waals surface area contributed by atoms with Crippen LogP contribution in [0.1, 0.15) is 43.0 Å². The van der Waals surface area contributed by atoms with Gasteiger partial charge in [0.25, 0.3) is 0 Å². The van der Waals surface area contributed by atoms with E-state index in [1.807, 2.05) is 0 Å². The van der Waals surface area contributed by atoms with Gasteiger partial charge < -0.3 is 14.7 Å². The summed E-state index contributed by atoms with van der Waals surface area (Å²) in [6.45, 7) is 2.35. The molecule has 0 radical (unpaired) electrons. The molecule has 0 spiro atoms. The first-order valence-electron chi connectivity index (χ1n) is 7.75. The number of nitrogens with zero attached hydrogens (tertiary/aromatic N) is 1. The Labute approximate surface area is 135 Å². The van der Waals surface area contributed by atoms with E-state index in [-0.39, 0.29) is 18.1 Å². The summed E-state index contributed by atoms with van der Waals surface area (Å²) >= 11 is 0. The summed E-state index contributed by atoms with van der Waals surface area (Å²) in [6, 6.07) is 6.22. The number of aliphatic carboxylic acids is 1. The maximum absolute atomic E-state index is 12.1. The third-order valence-corrected chi connectivity index (χ3v) is 3.90. The van der Waals surface area contributed by atoms with Crippen LogP contribution in [0.5, 0.6) is 5.75 Å². The molecule has 1 heterocycles. The minimum Gasteiger partial charge on any atom is -0.494 e. The average Bonchev–Trinajstić information content (AvgIpc) is 3.01. The Balaban J connectivity index is 1.77. The number of carboxylic acid groups (broad SMARTS) is 1. The molecule has 2 rings (SSSR count). The normalized spacial score (nSPS) is 17.1. The molecule has 0 aliphatic carbocycles. The van der Waals surface area contributed by atoms with Gasteiger partial charge in [-0.25, -0.2) is 4.79 Å². The van der Waals surface area contributed by atoms with Gasteiger partial charge in [-0.15, -0.1) is 0 Å². The monoisotopic (exact) mass is 319 g/mol. The van der Waals surface area contributed by atoms with E-state index >= 15 is 0 Å². The number of amides is 1. The highest BCUT2D eigenvalue weighted by Gasteiger charge is 2.33. The number of ketones is 1. The molecule has 1 amide bonds. The van der Waals surface area contributed by atoms with Gasteiger partial charge in [0.05, 0.1) is 6.61 Å². The lowest BCUT2D eigenvalue weighted by molar-refractivity contribution is -0.148. The van der Waals surface area contributed by atoms with Crippen LogP contribution < -0.4 is 4.74 Å². The maximum atomic E-state index is 12.1. The first-order chi connectivity index (χ1) is 11.0. The molecule has 0 unspecified atom stereocenters. The van der Waals surface area contributed by atoms with E-state index in [4.69, 9.17) is 9.84 Å². The van der Waals surface area contributed by atoms with Crippen LogP contribution in [0.15, 0.2) is 24.3 Å². The highest BCUT2D eigenvalue weighted by Crippen LogP contribution is 2.19. The van der Waals surface area contributed by atoms with Crippen LogP contribution in [0.2, 0.25) is 0 Å². The number of Topliss-reactive ketones (excluding diaryl/α,β-unsaturated/α-hetero) is 1. The fourth-order valence-electron chi connectivity index (χ4n) is 2.68. The second kappa shape index (κ2) is 7.76. The Morgan fingerprint density at radius 2 is 2.13 bits per heavy atom. The molecular formula is C17H21NO5. The number of rotatable bonds is 7. The Bertz CT molecular complexity index is 598. The molecule has 1 aromatic rings. The molecule has 1 N–H and O–H groups in total. The predicted molar refractivity (Wildman–Crippen MR) is 83.5 cm³/mol. The Morgan fingerprint density at radius 3 is 2.83 bits per heavy atom. The number of ether oxygens (including phenoxy) is 1. The van der Waals surface area contributed by atoms with Crippen LogP contribution in [0.25, 0.3) is 0 Å². The van der Waals surface area contributed by atoms with E-state index in [0.29, 0.717) is 37.3 Å².